The molecule has 27 heavy (non-hydrogen) atoms. The number of pyridine rings is 1. The highest BCUT2D eigenvalue weighted by atomic mass is 32.2. The molecular weight excluding hydrogens is 354 g/mol. The summed E-state index contributed by atoms with van der Waals surface area (Å²) >= 11 is 1.32. The highest BCUT2D eigenvalue weighted by Gasteiger charge is 2.32. The van der Waals surface area contributed by atoms with Gasteiger partial charge in [-0.25, -0.2) is 4.98 Å². The van der Waals surface area contributed by atoms with E-state index in [1.165, 1.54) is 17.3 Å². The van der Waals surface area contributed by atoms with Crippen molar-refractivity contribution in [1.82, 2.24) is 4.98 Å². The lowest BCUT2D eigenvalue weighted by atomic mass is 9.81. The molecule has 4 heteroatoms. The maximum absolute atomic E-state index is 12.0. The van der Waals surface area contributed by atoms with Crippen molar-refractivity contribution in [2.75, 3.05) is 0 Å². The van der Waals surface area contributed by atoms with Crippen molar-refractivity contribution in [2.45, 2.75) is 56.8 Å². The number of nitrogens with zero attached hydrogens (tertiary/aromatic N) is 1. The van der Waals surface area contributed by atoms with Gasteiger partial charge < -0.3 is 0 Å². The minimum Gasteiger partial charge on any atom is -0.294 e. The largest absolute Gasteiger partial charge is 0.294 e. The first-order chi connectivity index (χ1) is 12.9. The monoisotopic (exact) mass is 377 g/mol. The lowest BCUT2D eigenvalue weighted by Crippen LogP contribution is -2.25. The van der Waals surface area contributed by atoms with E-state index >= 15 is 0 Å². The first-order valence-corrected chi connectivity index (χ1v) is 10.1. The fourth-order valence-electron chi connectivity index (χ4n) is 3.09. The molecule has 0 aliphatic carbocycles. The van der Waals surface area contributed by atoms with Gasteiger partial charge in [0.15, 0.2) is 10.9 Å². The maximum atomic E-state index is 12.0. The second-order valence-electron chi connectivity index (χ2n) is 7.45. The Morgan fingerprint density at radius 3 is 2.74 bits per heavy atom. The van der Waals surface area contributed by atoms with Crippen LogP contribution in [0.25, 0.3) is 0 Å². The number of fused-ring (bicyclic) bond motifs is 1. The van der Waals surface area contributed by atoms with Gasteiger partial charge in [0, 0.05) is 35.1 Å². The number of carbonyl (C=O) groups excluding carboxylic acids is 2. The first kappa shape index (κ1) is 19.4. The number of carbonyl (C=O) groups is 2. The highest BCUT2D eigenvalue weighted by molar-refractivity contribution is 8.13. The zero-order valence-electron chi connectivity index (χ0n) is 16.0. The maximum Gasteiger partial charge on any atom is 0.194 e. The molecule has 1 aromatic heterocycles. The molecule has 1 aliphatic rings. The number of Topliss-reactive ketones (excluding diaryl/α,β-unsaturated/α-hetero) is 1. The van der Waals surface area contributed by atoms with E-state index in [1.54, 1.807) is 18.3 Å². The van der Waals surface area contributed by atoms with Gasteiger partial charge in [-0.15, -0.1) is 0 Å². The molecule has 0 unspecified atom stereocenters. The summed E-state index contributed by atoms with van der Waals surface area (Å²) in [5.41, 5.74) is 3.19. The molecule has 0 amide bonds. The molecule has 138 valence electrons. The third-order valence-electron chi connectivity index (χ3n) is 4.70. The second-order valence-corrected chi connectivity index (χ2v) is 8.55. The standard InChI is InChI=1S/C23H23NO2S/c1-4-5-6-20(25)17-9-11-18(24-15-17)10-7-16-8-12-21-19(13-16)23(2,3)14-22(26)27-21/h8-9,11-13,15H,4-6,14H2,1-3H3. The summed E-state index contributed by atoms with van der Waals surface area (Å²) in [5, 5.41) is 0.212. The lowest BCUT2D eigenvalue weighted by Gasteiger charge is -2.30. The molecule has 1 aliphatic heterocycles. The molecule has 0 spiro atoms. The topological polar surface area (TPSA) is 47.0 Å². The molecule has 3 nitrogen and oxygen atoms in total. The Morgan fingerprint density at radius 1 is 1.22 bits per heavy atom. The zero-order chi connectivity index (χ0) is 19.4. The molecule has 0 N–H and O–H groups in total. The Hall–Kier alpha value is -2.38. The third kappa shape index (κ3) is 4.67. The van der Waals surface area contributed by atoms with Crippen LogP contribution in [-0.2, 0) is 10.2 Å². The van der Waals surface area contributed by atoms with Crippen LogP contribution >= 0.6 is 11.8 Å². The van der Waals surface area contributed by atoms with Gasteiger partial charge in [0.25, 0.3) is 0 Å². The number of thioether (sulfide) groups is 1. The highest BCUT2D eigenvalue weighted by Crippen LogP contribution is 2.42. The number of hydrogen-bond donors (Lipinski definition) is 0. The molecule has 0 saturated carbocycles. The average molecular weight is 378 g/mol. The second kappa shape index (κ2) is 8.10. The zero-order valence-corrected chi connectivity index (χ0v) is 16.8. The number of benzene rings is 1. The van der Waals surface area contributed by atoms with Crippen LogP contribution < -0.4 is 0 Å². The van der Waals surface area contributed by atoms with Gasteiger partial charge in [-0.05, 0) is 53.7 Å². The third-order valence-corrected chi connectivity index (χ3v) is 5.64. The molecule has 2 heterocycles. The molecule has 0 atom stereocenters. The lowest BCUT2D eigenvalue weighted by molar-refractivity contribution is -0.112. The van der Waals surface area contributed by atoms with Crippen molar-refractivity contribution in [2.24, 2.45) is 0 Å². The van der Waals surface area contributed by atoms with Gasteiger partial charge in [0.05, 0.1) is 0 Å². The number of aromatic nitrogens is 1. The van der Waals surface area contributed by atoms with E-state index in [0.717, 1.165) is 23.3 Å². The molecular formula is C23H23NO2S. The average Bonchev–Trinajstić information content (AvgIpc) is 2.64. The summed E-state index contributed by atoms with van der Waals surface area (Å²) in [6.45, 7) is 6.26. The van der Waals surface area contributed by atoms with Crippen LogP contribution in [0.1, 0.15) is 73.6 Å². The van der Waals surface area contributed by atoms with Crippen LogP contribution in [0.5, 0.6) is 0 Å². The van der Waals surface area contributed by atoms with Gasteiger partial charge in [-0.3, -0.25) is 9.59 Å². The summed E-state index contributed by atoms with van der Waals surface area (Å²) in [6, 6.07) is 9.59. The summed E-state index contributed by atoms with van der Waals surface area (Å²) < 4.78 is 0. The fourth-order valence-corrected chi connectivity index (χ4v) is 4.35. The molecule has 0 saturated heterocycles. The Morgan fingerprint density at radius 2 is 2.04 bits per heavy atom. The Balaban J connectivity index is 1.78. The van der Waals surface area contributed by atoms with E-state index in [0.29, 0.717) is 24.1 Å². The predicted octanol–water partition coefficient (Wildman–Crippen LogP) is 5.15. The quantitative estimate of drug-likeness (QED) is 0.546. The molecule has 3 rings (SSSR count). The Labute approximate surface area is 165 Å². The van der Waals surface area contributed by atoms with E-state index in [2.05, 4.69) is 43.7 Å². The van der Waals surface area contributed by atoms with Gasteiger partial charge in [-0.2, -0.15) is 0 Å². The van der Waals surface area contributed by atoms with Gasteiger partial charge in [-0.1, -0.05) is 44.9 Å². The number of unbranched alkanes of at least 4 members (excludes halogenated alkanes) is 1. The normalized spacial score (nSPS) is 14.9. The predicted molar refractivity (Wildman–Crippen MR) is 109 cm³/mol. The van der Waals surface area contributed by atoms with E-state index in [1.807, 2.05) is 12.1 Å². The summed E-state index contributed by atoms with van der Waals surface area (Å²) in [7, 11) is 0. The van der Waals surface area contributed by atoms with Crippen molar-refractivity contribution in [3.63, 3.8) is 0 Å². The van der Waals surface area contributed by atoms with Crippen LogP contribution in [0.4, 0.5) is 0 Å². The Bertz CT molecular complexity index is 933. The number of ketones is 1. The Kier molecular flexibility index (Phi) is 5.82. The van der Waals surface area contributed by atoms with Crippen molar-refractivity contribution in [3.05, 3.63) is 58.9 Å². The van der Waals surface area contributed by atoms with E-state index in [9.17, 15) is 9.59 Å². The van der Waals surface area contributed by atoms with Crippen LogP contribution in [-0.4, -0.2) is 15.9 Å². The van der Waals surface area contributed by atoms with E-state index in [-0.39, 0.29) is 16.3 Å². The summed E-state index contributed by atoms with van der Waals surface area (Å²) in [4.78, 5) is 29.2. The van der Waals surface area contributed by atoms with Crippen molar-refractivity contribution < 1.29 is 9.59 Å². The summed E-state index contributed by atoms with van der Waals surface area (Å²) in [5.74, 6) is 6.35. The SMILES string of the molecule is CCCCC(=O)c1ccc(C#Cc2ccc3c(c2)C(C)(C)CC(=O)S3)nc1. The van der Waals surface area contributed by atoms with Gasteiger partial charge in [0.1, 0.15) is 5.69 Å². The van der Waals surface area contributed by atoms with Crippen molar-refractivity contribution in [3.8, 4) is 11.8 Å². The van der Waals surface area contributed by atoms with E-state index < -0.39 is 0 Å². The van der Waals surface area contributed by atoms with E-state index in [4.69, 9.17) is 0 Å². The molecule has 2 aromatic rings. The minimum absolute atomic E-state index is 0.132. The smallest absolute Gasteiger partial charge is 0.194 e. The summed E-state index contributed by atoms with van der Waals surface area (Å²) in [6.07, 6.45) is 4.62. The van der Waals surface area contributed by atoms with Crippen LogP contribution in [0.2, 0.25) is 0 Å². The molecule has 0 bridgehead atoms. The van der Waals surface area contributed by atoms with Crippen molar-refractivity contribution >= 4 is 22.7 Å². The fraction of sp³-hybridized carbons (Fsp3) is 0.348. The minimum atomic E-state index is -0.173. The van der Waals surface area contributed by atoms with Crippen LogP contribution in [0.15, 0.2) is 41.4 Å². The number of rotatable bonds is 4. The van der Waals surface area contributed by atoms with Crippen LogP contribution in [0.3, 0.4) is 0 Å². The van der Waals surface area contributed by atoms with Gasteiger partial charge in [0.2, 0.25) is 0 Å². The molecule has 0 radical (unpaired) electrons. The van der Waals surface area contributed by atoms with Gasteiger partial charge >= 0.3 is 0 Å². The molecule has 1 aromatic carbocycles. The van der Waals surface area contributed by atoms with Crippen molar-refractivity contribution in [1.29, 1.82) is 0 Å². The molecule has 0 fully saturated rings. The number of hydrogen-bond acceptors (Lipinski definition) is 4. The first-order valence-electron chi connectivity index (χ1n) is 9.25. The van der Waals surface area contributed by atoms with Crippen LogP contribution in [0, 0.1) is 11.8 Å².